The maximum atomic E-state index is 13.4. The Morgan fingerprint density at radius 3 is 2.30 bits per heavy atom. The number of hydrogen-bond acceptors (Lipinski definition) is 7. The molecule has 1 aliphatic rings. The van der Waals surface area contributed by atoms with Gasteiger partial charge in [0.05, 0.1) is 36.9 Å². The number of nitrogens with one attached hydrogen (secondary N) is 4. The van der Waals surface area contributed by atoms with E-state index in [1.807, 2.05) is 0 Å². The van der Waals surface area contributed by atoms with Gasteiger partial charge in [-0.25, -0.2) is 17.9 Å². The molecule has 0 fully saturated rings. The molecule has 0 radical (unpaired) electrons. The van der Waals surface area contributed by atoms with E-state index in [1.165, 1.54) is 30.3 Å². The second-order valence-electron chi connectivity index (χ2n) is 9.72. The molecule has 0 heterocycles. The van der Waals surface area contributed by atoms with Crippen LogP contribution in [0.25, 0.3) is 0 Å². The highest BCUT2D eigenvalue weighted by molar-refractivity contribution is 7.89. The molecular weight excluding hydrogens is 629 g/mol. The van der Waals surface area contributed by atoms with Crippen molar-refractivity contribution >= 4 is 34.1 Å². The third-order valence-corrected chi connectivity index (χ3v) is 8.22. The fraction of sp³-hybridized carbons (Fsp3) is 0.500. The predicted molar refractivity (Wildman–Crippen MR) is 156 cm³/mol. The number of ether oxygens (including phenoxy) is 3. The number of sulfonamides is 1. The fourth-order valence-corrected chi connectivity index (χ4v) is 5.70. The van der Waals surface area contributed by atoms with Gasteiger partial charge in [-0.2, -0.15) is 13.2 Å². The van der Waals surface area contributed by atoms with Gasteiger partial charge in [0.2, 0.25) is 16.4 Å². The quantitative estimate of drug-likeness (QED) is 0.133. The Hall–Kier alpha value is -3.11. The van der Waals surface area contributed by atoms with Crippen molar-refractivity contribution in [2.45, 2.75) is 42.9 Å². The lowest BCUT2D eigenvalue weighted by molar-refractivity contribution is -0.138. The summed E-state index contributed by atoms with van der Waals surface area (Å²) >= 11 is 5.94. The summed E-state index contributed by atoms with van der Waals surface area (Å²) in [5.41, 5.74) is -0.227. The molecule has 3 rings (SSSR count). The zero-order valence-corrected chi connectivity index (χ0v) is 25.5. The largest absolute Gasteiger partial charge is 0.486 e. The summed E-state index contributed by atoms with van der Waals surface area (Å²) in [6, 6.07) is 7.68. The highest BCUT2D eigenvalue weighted by Gasteiger charge is 2.38. The first kappa shape index (κ1) is 35.4. The molecule has 244 valence electrons. The third kappa shape index (κ3) is 11.4. The molecule has 0 saturated carbocycles. The standard InChI is InChI=1S/C28H36ClF3N4O7S/c29-20-17-24-23(25(18-20)28(30,31)32)7-8-26(24)43-21-3-5-22(6-4-21)44(39,40)36-12-14-42-16-15-41-13-11-35-27(38)34-10-2-1-9-33-19-37/h3-6,17-19,26,36H,1-2,7-16H2,(H,33,37)(H2,34,35,38)/t26-/m1/s1. The summed E-state index contributed by atoms with van der Waals surface area (Å²) in [6.07, 6.45) is -2.49. The second-order valence-corrected chi connectivity index (χ2v) is 11.9. The van der Waals surface area contributed by atoms with Gasteiger partial charge in [0.1, 0.15) is 11.9 Å². The molecule has 0 saturated heterocycles. The molecule has 0 aromatic heterocycles. The molecule has 4 N–H and O–H groups in total. The SMILES string of the molecule is O=CNCCCCNC(=O)NCCOCCOCCNS(=O)(=O)c1ccc(O[C@@H]2CCc3c2cc(Cl)cc3C(F)(F)F)cc1. The van der Waals surface area contributed by atoms with Crippen molar-refractivity contribution in [3.8, 4) is 5.75 Å². The molecule has 2 aromatic rings. The van der Waals surface area contributed by atoms with Crippen molar-refractivity contribution in [2.24, 2.45) is 0 Å². The lowest BCUT2D eigenvalue weighted by atomic mass is 10.0. The summed E-state index contributed by atoms with van der Waals surface area (Å²) in [6.45, 7) is 2.27. The highest BCUT2D eigenvalue weighted by atomic mass is 35.5. The van der Waals surface area contributed by atoms with Crippen LogP contribution >= 0.6 is 11.6 Å². The Morgan fingerprint density at radius 2 is 1.61 bits per heavy atom. The minimum absolute atomic E-state index is 0.00569. The van der Waals surface area contributed by atoms with E-state index in [0.29, 0.717) is 43.8 Å². The van der Waals surface area contributed by atoms with Gasteiger partial charge in [-0.15, -0.1) is 0 Å². The Balaban J connectivity index is 1.29. The van der Waals surface area contributed by atoms with Crippen LogP contribution in [0.2, 0.25) is 5.02 Å². The number of halogens is 4. The highest BCUT2D eigenvalue weighted by Crippen LogP contribution is 2.43. The van der Waals surface area contributed by atoms with Crippen LogP contribution in [-0.2, 0) is 36.9 Å². The number of fused-ring (bicyclic) bond motifs is 1. The Labute approximate surface area is 259 Å². The van der Waals surface area contributed by atoms with Crippen molar-refractivity contribution in [1.82, 2.24) is 20.7 Å². The number of rotatable bonds is 19. The van der Waals surface area contributed by atoms with E-state index in [0.717, 1.165) is 18.9 Å². The smallest absolute Gasteiger partial charge is 0.416 e. The van der Waals surface area contributed by atoms with Gasteiger partial charge < -0.3 is 30.2 Å². The van der Waals surface area contributed by atoms with Gasteiger partial charge in [0, 0.05) is 31.2 Å². The van der Waals surface area contributed by atoms with Crippen molar-refractivity contribution in [3.05, 3.63) is 58.1 Å². The molecule has 1 atom stereocenters. The van der Waals surface area contributed by atoms with Gasteiger partial charge in [0.25, 0.3) is 0 Å². The van der Waals surface area contributed by atoms with E-state index in [-0.39, 0.29) is 60.9 Å². The van der Waals surface area contributed by atoms with Gasteiger partial charge in [0.15, 0.2) is 0 Å². The van der Waals surface area contributed by atoms with Crippen molar-refractivity contribution in [2.75, 3.05) is 52.6 Å². The van der Waals surface area contributed by atoms with Gasteiger partial charge in [-0.05, 0) is 73.2 Å². The molecule has 0 bridgehead atoms. The second kappa shape index (κ2) is 17.4. The number of hydrogen-bond donors (Lipinski definition) is 4. The van der Waals surface area contributed by atoms with Gasteiger partial charge >= 0.3 is 12.2 Å². The van der Waals surface area contributed by atoms with E-state index >= 15 is 0 Å². The summed E-state index contributed by atoms with van der Waals surface area (Å²) in [5.74, 6) is 0.315. The Kier molecular flexibility index (Phi) is 14.0. The normalized spacial score (nSPS) is 14.6. The van der Waals surface area contributed by atoms with Crippen molar-refractivity contribution in [3.63, 3.8) is 0 Å². The van der Waals surface area contributed by atoms with Crippen LogP contribution in [0.5, 0.6) is 5.75 Å². The average Bonchev–Trinajstić information content (AvgIpc) is 3.37. The molecule has 16 heteroatoms. The lowest BCUT2D eigenvalue weighted by Gasteiger charge is -2.17. The fourth-order valence-electron chi connectivity index (χ4n) is 4.46. The van der Waals surface area contributed by atoms with E-state index in [4.69, 9.17) is 25.8 Å². The Morgan fingerprint density at radius 1 is 0.955 bits per heavy atom. The molecule has 0 unspecified atom stereocenters. The molecule has 0 aliphatic heterocycles. The number of alkyl halides is 3. The average molecular weight is 665 g/mol. The zero-order valence-electron chi connectivity index (χ0n) is 23.9. The van der Waals surface area contributed by atoms with Crippen LogP contribution in [0.4, 0.5) is 18.0 Å². The molecule has 11 nitrogen and oxygen atoms in total. The molecular formula is C28H36ClF3N4O7S. The molecule has 1 aliphatic carbocycles. The van der Waals surface area contributed by atoms with Crippen LogP contribution in [-0.4, -0.2) is 73.5 Å². The monoisotopic (exact) mass is 664 g/mol. The van der Waals surface area contributed by atoms with Gasteiger partial charge in [-0.3, -0.25) is 4.79 Å². The van der Waals surface area contributed by atoms with Crippen LogP contribution in [0.3, 0.4) is 0 Å². The van der Waals surface area contributed by atoms with Crippen LogP contribution in [0.15, 0.2) is 41.3 Å². The minimum atomic E-state index is -4.52. The van der Waals surface area contributed by atoms with Crippen LogP contribution in [0, 0.1) is 0 Å². The topological polar surface area (TPSA) is 144 Å². The van der Waals surface area contributed by atoms with Crippen molar-refractivity contribution < 1.29 is 45.4 Å². The minimum Gasteiger partial charge on any atom is -0.486 e. The Bertz CT molecular complexity index is 1330. The summed E-state index contributed by atoms with van der Waals surface area (Å²) < 4.78 is 84.5. The molecule has 2 aromatic carbocycles. The molecule has 0 spiro atoms. The van der Waals surface area contributed by atoms with E-state index in [2.05, 4.69) is 20.7 Å². The number of urea groups is 1. The summed E-state index contributed by atoms with van der Waals surface area (Å²) in [4.78, 5) is 21.7. The van der Waals surface area contributed by atoms with E-state index in [1.54, 1.807) is 0 Å². The third-order valence-electron chi connectivity index (χ3n) is 6.53. The predicted octanol–water partition coefficient (Wildman–Crippen LogP) is 3.56. The maximum absolute atomic E-state index is 13.4. The number of carbonyl (C=O) groups excluding carboxylic acids is 2. The first-order valence-electron chi connectivity index (χ1n) is 14.0. The molecule has 44 heavy (non-hydrogen) atoms. The van der Waals surface area contributed by atoms with Crippen LogP contribution in [0.1, 0.15) is 42.1 Å². The zero-order chi connectivity index (χ0) is 32.0. The van der Waals surface area contributed by atoms with Gasteiger partial charge in [-0.1, -0.05) is 11.6 Å². The summed E-state index contributed by atoms with van der Waals surface area (Å²) in [5, 5.41) is 7.86. The number of carbonyl (C=O) groups is 2. The number of amides is 3. The van der Waals surface area contributed by atoms with Crippen LogP contribution < -0.4 is 25.4 Å². The summed E-state index contributed by atoms with van der Waals surface area (Å²) in [7, 11) is -3.83. The first-order valence-corrected chi connectivity index (χ1v) is 15.9. The lowest BCUT2D eigenvalue weighted by Crippen LogP contribution is -2.38. The number of unbranched alkanes of at least 4 members (excludes halogenated alkanes) is 1. The van der Waals surface area contributed by atoms with Crippen molar-refractivity contribution in [1.29, 1.82) is 0 Å². The van der Waals surface area contributed by atoms with E-state index in [9.17, 15) is 31.2 Å². The molecule has 3 amide bonds. The first-order chi connectivity index (χ1) is 21.0. The number of benzene rings is 2. The maximum Gasteiger partial charge on any atom is 0.416 e. The van der Waals surface area contributed by atoms with E-state index < -0.39 is 27.9 Å².